The van der Waals surface area contributed by atoms with E-state index in [0.29, 0.717) is 23.1 Å². The van der Waals surface area contributed by atoms with Gasteiger partial charge in [-0.2, -0.15) is 0 Å². The van der Waals surface area contributed by atoms with Crippen LogP contribution in [0, 0.1) is 5.82 Å². The van der Waals surface area contributed by atoms with Crippen LogP contribution in [-0.4, -0.2) is 40.6 Å². The molecule has 0 aromatic heterocycles. The fraction of sp³-hybridized carbons (Fsp3) is 0.208. The number of rotatable bonds is 11. The lowest BCUT2D eigenvalue weighted by atomic mass is 10.3. The first-order valence-electron chi connectivity index (χ1n) is 10.5. The van der Waals surface area contributed by atoms with Crippen molar-refractivity contribution in [3.05, 3.63) is 83.6 Å². The Morgan fingerprint density at radius 1 is 1.00 bits per heavy atom. The van der Waals surface area contributed by atoms with E-state index in [4.69, 9.17) is 21.1 Å². The lowest BCUT2D eigenvalue weighted by Gasteiger charge is -2.24. The number of carbonyl (C=O) groups excluding carboxylic acids is 1. The molecule has 0 atom stereocenters. The summed E-state index contributed by atoms with van der Waals surface area (Å²) in [5.41, 5.74) is 0.151. The lowest BCUT2D eigenvalue weighted by molar-refractivity contribution is -0.119. The molecule has 0 saturated heterocycles. The Hall–Kier alpha value is -3.30. The Balaban J connectivity index is 1.72. The second-order valence-corrected chi connectivity index (χ2v) is 9.29. The Kier molecular flexibility index (Phi) is 8.72. The number of hydrogen-bond donors (Lipinski definition) is 1. The fourth-order valence-corrected chi connectivity index (χ4v) is 4.63. The van der Waals surface area contributed by atoms with Gasteiger partial charge in [0.05, 0.1) is 28.8 Å². The van der Waals surface area contributed by atoms with Gasteiger partial charge in [-0.05, 0) is 67.6 Å². The van der Waals surface area contributed by atoms with Gasteiger partial charge in [0.1, 0.15) is 30.5 Å². The van der Waals surface area contributed by atoms with Crippen molar-refractivity contribution in [3.8, 4) is 11.5 Å². The van der Waals surface area contributed by atoms with Gasteiger partial charge in [0.15, 0.2) is 0 Å². The van der Waals surface area contributed by atoms with Crippen LogP contribution in [0.4, 0.5) is 10.1 Å². The summed E-state index contributed by atoms with van der Waals surface area (Å²) >= 11 is 6.03. The van der Waals surface area contributed by atoms with Crippen LogP contribution in [0.25, 0.3) is 0 Å². The van der Waals surface area contributed by atoms with Crippen molar-refractivity contribution in [1.29, 1.82) is 0 Å². The molecule has 3 rings (SSSR count). The molecule has 0 aliphatic heterocycles. The van der Waals surface area contributed by atoms with Crippen molar-refractivity contribution < 1.29 is 27.1 Å². The van der Waals surface area contributed by atoms with Crippen LogP contribution < -0.4 is 19.1 Å². The van der Waals surface area contributed by atoms with E-state index in [2.05, 4.69) is 5.32 Å². The van der Waals surface area contributed by atoms with Crippen LogP contribution in [0.2, 0.25) is 5.02 Å². The summed E-state index contributed by atoms with van der Waals surface area (Å²) in [5, 5.41) is 3.07. The number of anilines is 1. The van der Waals surface area contributed by atoms with Gasteiger partial charge in [0, 0.05) is 0 Å². The lowest BCUT2D eigenvalue weighted by Crippen LogP contribution is -2.41. The highest BCUT2D eigenvalue weighted by molar-refractivity contribution is 7.92. The molecule has 10 heteroatoms. The van der Waals surface area contributed by atoms with Gasteiger partial charge >= 0.3 is 0 Å². The van der Waals surface area contributed by atoms with E-state index in [9.17, 15) is 17.6 Å². The zero-order valence-corrected chi connectivity index (χ0v) is 20.0. The molecule has 0 saturated carbocycles. The van der Waals surface area contributed by atoms with Gasteiger partial charge in [-0.3, -0.25) is 9.10 Å². The van der Waals surface area contributed by atoms with Gasteiger partial charge in [0.25, 0.3) is 10.0 Å². The maximum Gasteiger partial charge on any atom is 0.264 e. The number of sulfonamides is 1. The minimum atomic E-state index is -4.13. The number of hydrogen-bond acceptors (Lipinski definition) is 5. The number of carbonyl (C=O) groups is 1. The van der Waals surface area contributed by atoms with E-state index in [0.717, 1.165) is 16.4 Å². The quantitative estimate of drug-likeness (QED) is 0.393. The SMILES string of the molecule is CCOc1ccc(S(=O)(=O)N(CC(=O)NCCOc2ccccc2Cl)c2ccc(F)cc2)cc1. The van der Waals surface area contributed by atoms with E-state index in [1.165, 1.54) is 36.4 Å². The molecule has 1 N–H and O–H groups in total. The average molecular weight is 507 g/mol. The first-order valence-corrected chi connectivity index (χ1v) is 12.3. The molecule has 3 aromatic carbocycles. The standard InChI is InChI=1S/C24H24ClFN2O5S/c1-2-32-20-11-13-21(14-12-20)34(30,31)28(19-9-7-18(26)8-10-19)17-24(29)27-15-16-33-23-6-4-3-5-22(23)25/h3-14H,2,15-17H2,1H3,(H,27,29). The summed E-state index contributed by atoms with van der Waals surface area (Å²) in [5.74, 6) is -0.0830. The minimum Gasteiger partial charge on any atom is -0.494 e. The third-order valence-electron chi connectivity index (χ3n) is 4.64. The first-order chi connectivity index (χ1) is 16.3. The number of ether oxygens (including phenoxy) is 2. The minimum absolute atomic E-state index is 0.0323. The number of para-hydroxylation sites is 1. The third kappa shape index (κ3) is 6.61. The molecule has 180 valence electrons. The molecule has 0 unspecified atom stereocenters. The highest BCUT2D eigenvalue weighted by Gasteiger charge is 2.27. The maximum atomic E-state index is 13.4. The van der Waals surface area contributed by atoms with Crippen LogP contribution >= 0.6 is 11.6 Å². The third-order valence-corrected chi connectivity index (χ3v) is 6.74. The average Bonchev–Trinajstić information content (AvgIpc) is 2.82. The van der Waals surface area contributed by atoms with E-state index in [1.54, 1.807) is 24.3 Å². The smallest absolute Gasteiger partial charge is 0.264 e. The molecule has 0 fully saturated rings. The van der Waals surface area contributed by atoms with Gasteiger partial charge in [0.2, 0.25) is 5.91 Å². The van der Waals surface area contributed by atoms with Crippen molar-refractivity contribution >= 4 is 33.2 Å². The Morgan fingerprint density at radius 2 is 1.68 bits per heavy atom. The molecule has 0 radical (unpaired) electrons. The van der Waals surface area contributed by atoms with Crippen LogP contribution in [0.3, 0.4) is 0 Å². The van der Waals surface area contributed by atoms with Gasteiger partial charge < -0.3 is 14.8 Å². The molecule has 1 amide bonds. The second-order valence-electron chi connectivity index (χ2n) is 7.02. The Morgan fingerprint density at radius 3 is 2.32 bits per heavy atom. The topological polar surface area (TPSA) is 84.9 Å². The summed E-state index contributed by atoms with van der Waals surface area (Å²) in [6.45, 7) is 2.02. The normalized spacial score (nSPS) is 11.0. The van der Waals surface area contributed by atoms with Gasteiger partial charge in [-0.25, -0.2) is 12.8 Å². The zero-order chi connectivity index (χ0) is 24.6. The molecule has 3 aromatic rings. The van der Waals surface area contributed by atoms with E-state index in [-0.39, 0.29) is 23.7 Å². The highest BCUT2D eigenvalue weighted by Crippen LogP contribution is 2.26. The molecule has 7 nitrogen and oxygen atoms in total. The zero-order valence-electron chi connectivity index (χ0n) is 18.4. The predicted molar refractivity (Wildman–Crippen MR) is 128 cm³/mol. The number of nitrogens with zero attached hydrogens (tertiary/aromatic N) is 1. The summed E-state index contributed by atoms with van der Waals surface area (Å²) in [6, 6.07) is 17.6. The number of halogens is 2. The summed E-state index contributed by atoms with van der Waals surface area (Å²) in [6.07, 6.45) is 0. The molecule has 34 heavy (non-hydrogen) atoms. The van der Waals surface area contributed by atoms with Crippen molar-refractivity contribution in [3.63, 3.8) is 0 Å². The second kappa shape index (κ2) is 11.7. The predicted octanol–water partition coefficient (Wildman–Crippen LogP) is 4.27. The summed E-state index contributed by atoms with van der Waals surface area (Å²) in [7, 11) is -4.13. The van der Waals surface area contributed by atoms with Gasteiger partial charge in [-0.1, -0.05) is 23.7 Å². The Bertz CT molecular complexity index is 1200. The van der Waals surface area contributed by atoms with E-state index >= 15 is 0 Å². The molecular formula is C24H24ClFN2O5S. The molecule has 0 heterocycles. The molecule has 0 spiro atoms. The molecule has 0 bridgehead atoms. The molecular weight excluding hydrogens is 483 g/mol. The van der Waals surface area contributed by atoms with Crippen molar-refractivity contribution in [2.45, 2.75) is 11.8 Å². The maximum absolute atomic E-state index is 13.4. The molecule has 0 aliphatic carbocycles. The Labute approximate surface area is 203 Å². The van der Waals surface area contributed by atoms with Crippen LogP contribution in [0.1, 0.15) is 6.92 Å². The van der Waals surface area contributed by atoms with Crippen molar-refractivity contribution in [1.82, 2.24) is 5.32 Å². The van der Waals surface area contributed by atoms with E-state index < -0.39 is 28.3 Å². The highest BCUT2D eigenvalue weighted by atomic mass is 35.5. The summed E-state index contributed by atoms with van der Waals surface area (Å²) in [4.78, 5) is 12.6. The largest absolute Gasteiger partial charge is 0.494 e. The first kappa shape index (κ1) is 25.3. The number of amides is 1. The van der Waals surface area contributed by atoms with Crippen molar-refractivity contribution in [2.75, 3.05) is 30.6 Å². The number of benzene rings is 3. The summed E-state index contributed by atoms with van der Waals surface area (Å²) < 4.78 is 51.9. The number of nitrogens with one attached hydrogen (secondary N) is 1. The van der Waals surface area contributed by atoms with Crippen LogP contribution in [-0.2, 0) is 14.8 Å². The molecule has 0 aliphatic rings. The van der Waals surface area contributed by atoms with Crippen molar-refractivity contribution in [2.24, 2.45) is 0 Å². The van der Waals surface area contributed by atoms with Crippen LogP contribution in [0.5, 0.6) is 11.5 Å². The van der Waals surface area contributed by atoms with E-state index in [1.807, 2.05) is 6.92 Å². The fourth-order valence-electron chi connectivity index (χ4n) is 3.02. The van der Waals surface area contributed by atoms with Gasteiger partial charge in [-0.15, -0.1) is 0 Å². The van der Waals surface area contributed by atoms with Crippen LogP contribution in [0.15, 0.2) is 77.7 Å². The monoisotopic (exact) mass is 506 g/mol.